The lowest BCUT2D eigenvalue weighted by Gasteiger charge is -2.09. The van der Waals surface area contributed by atoms with Crippen molar-refractivity contribution in [1.82, 2.24) is 0 Å². The maximum atomic E-state index is 9.41. The van der Waals surface area contributed by atoms with Crippen molar-refractivity contribution >= 4 is 23.2 Å². The van der Waals surface area contributed by atoms with Gasteiger partial charge in [0.25, 0.3) is 0 Å². The molecule has 1 aromatic rings. The van der Waals surface area contributed by atoms with Crippen LogP contribution in [0.3, 0.4) is 0 Å². The molecule has 0 aromatic heterocycles. The lowest BCUT2D eigenvalue weighted by Crippen LogP contribution is -2.08. The van der Waals surface area contributed by atoms with E-state index in [0.29, 0.717) is 16.5 Å². The number of hydrogen-bond donors (Lipinski definition) is 1. The Labute approximate surface area is 88.3 Å². The maximum absolute atomic E-state index is 9.41. The summed E-state index contributed by atoms with van der Waals surface area (Å²) in [6, 6.07) is 5.33. The molecule has 0 saturated heterocycles. The molecule has 1 aromatic carbocycles. The Balaban J connectivity index is 2.77. The summed E-state index contributed by atoms with van der Waals surface area (Å²) < 4.78 is 0. The molecule has 0 saturated carbocycles. The fraction of sp³-hybridized carbons (Fsp3) is 0.400. The highest BCUT2D eigenvalue weighted by Crippen LogP contribution is 2.22. The molecule has 13 heavy (non-hydrogen) atoms. The van der Waals surface area contributed by atoms with Crippen molar-refractivity contribution < 1.29 is 5.11 Å². The molecule has 1 nitrogen and oxygen atoms in total. The van der Waals surface area contributed by atoms with Crippen LogP contribution in [-0.4, -0.2) is 11.2 Å². The third-order valence-corrected chi connectivity index (χ3v) is 2.53. The zero-order chi connectivity index (χ0) is 9.84. The Hall–Kier alpha value is -0.240. The average Bonchev–Trinajstić information content (AvgIpc) is 2.09. The quantitative estimate of drug-likeness (QED) is 0.826. The van der Waals surface area contributed by atoms with Crippen molar-refractivity contribution in [2.45, 2.75) is 25.9 Å². The fourth-order valence-corrected chi connectivity index (χ4v) is 1.57. The molecular formula is C10H12Cl2O. The molecule has 1 atom stereocenters. The molecule has 0 unspecified atom stereocenters. The van der Waals surface area contributed by atoms with Crippen molar-refractivity contribution in [2.24, 2.45) is 0 Å². The molecule has 0 aliphatic heterocycles. The van der Waals surface area contributed by atoms with Crippen molar-refractivity contribution in [1.29, 1.82) is 0 Å². The Morgan fingerprint density at radius 1 is 1.38 bits per heavy atom. The van der Waals surface area contributed by atoms with Crippen molar-refractivity contribution in [3.63, 3.8) is 0 Å². The highest BCUT2D eigenvalue weighted by atomic mass is 35.5. The summed E-state index contributed by atoms with van der Waals surface area (Å²) in [6.45, 7) is 1.94. The van der Waals surface area contributed by atoms with E-state index in [9.17, 15) is 5.11 Å². The summed E-state index contributed by atoms with van der Waals surface area (Å²) in [5.41, 5.74) is 0.945. The minimum absolute atomic E-state index is 0.321. The van der Waals surface area contributed by atoms with Crippen LogP contribution in [-0.2, 0) is 6.42 Å². The molecule has 3 heteroatoms. The molecule has 0 radical (unpaired) electrons. The summed E-state index contributed by atoms with van der Waals surface area (Å²) in [6.07, 6.45) is 1.00. The molecule has 0 bridgehead atoms. The summed E-state index contributed by atoms with van der Waals surface area (Å²) in [5.74, 6) is 0. The van der Waals surface area contributed by atoms with Crippen LogP contribution in [0.25, 0.3) is 0 Å². The van der Waals surface area contributed by atoms with E-state index in [0.717, 1.165) is 12.0 Å². The van der Waals surface area contributed by atoms with Gasteiger partial charge in [-0.1, -0.05) is 36.2 Å². The van der Waals surface area contributed by atoms with Gasteiger partial charge in [0, 0.05) is 10.0 Å². The van der Waals surface area contributed by atoms with Crippen molar-refractivity contribution in [2.75, 3.05) is 0 Å². The van der Waals surface area contributed by atoms with Crippen LogP contribution in [0.1, 0.15) is 18.9 Å². The average molecular weight is 219 g/mol. The van der Waals surface area contributed by atoms with Gasteiger partial charge in [-0.05, 0) is 30.5 Å². The van der Waals surface area contributed by atoms with E-state index in [4.69, 9.17) is 23.2 Å². The Bertz CT molecular complexity index is 286. The van der Waals surface area contributed by atoms with Gasteiger partial charge in [-0.2, -0.15) is 0 Å². The SMILES string of the molecule is CC[C@H](O)Cc1ccc(Cl)cc1Cl. The molecule has 0 fully saturated rings. The predicted molar refractivity (Wildman–Crippen MR) is 56.5 cm³/mol. The van der Waals surface area contributed by atoms with E-state index < -0.39 is 0 Å². The Morgan fingerprint density at radius 3 is 2.62 bits per heavy atom. The molecule has 1 N–H and O–H groups in total. The molecular weight excluding hydrogens is 207 g/mol. The maximum Gasteiger partial charge on any atom is 0.0578 e. The van der Waals surface area contributed by atoms with E-state index in [1.807, 2.05) is 13.0 Å². The summed E-state index contributed by atoms with van der Waals surface area (Å²) >= 11 is 11.7. The van der Waals surface area contributed by atoms with Crippen LogP contribution in [0.2, 0.25) is 10.0 Å². The van der Waals surface area contributed by atoms with E-state index in [1.54, 1.807) is 12.1 Å². The molecule has 72 valence electrons. The number of rotatable bonds is 3. The second kappa shape index (κ2) is 4.85. The standard InChI is InChI=1S/C10H12Cl2O/c1-2-9(13)5-7-3-4-8(11)6-10(7)12/h3-4,6,9,13H,2,5H2,1H3/t9-/m0/s1. The largest absolute Gasteiger partial charge is 0.393 e. The summed E-state index contributed by atoms with van der Waals surface area (Å²) in [4.78, 5) is 0. The summed E-state index contributed by atoms with van der Waals surface area (Å²) in [5, 5.41) is 10.7. The van der Waals surface area contributed by atoms with Crippen LogP contribution in [0.15, 0.2) is 18.2 Å². The minimum atomic E-state index is -0.321. The van der Waals surface area contributed by atoms with Gasteiger partial charge in [0.2, 0.25) is 0 Å². The molecule has 0 aliphatic rings. The van der Waals surface area contributed by atoms with Gasteiger partial charge < -0.3 is 5.11 Å². The third-order valence-electron chi connectivity index (χ3n) is 1.94. The van der Waals surface area contributed by atoms with E-state index in [1.165, 1.54) is 0 Å². The fourth-order valence-electron chi connectivity index (χ4n) is 1.09. The Kier molecular flexibility index (Phi) is 4.04. The normalized spacial score (nSPS) is 12.9. The second-order valence-corrected chi connectivity index (χ2v) is 3.85. The number of hydrogen-bond acceptors (Lipinski definition) is 1. The second-order valence-electron chi connectivity index (χ2n) is 3.00. The summed E-state index contributed by atoms with van der Waals surface area (Å²) in [7, 11) is 0. The third kappa shape index (κ3) is 3.18. The van der Waals surface area contributed by atoms with Crippen molar-refractivity contribution in [3.05, 3.63) is 33.8 Å². The van der Waals surface area contributed by atoms with E-state index in [-0.39, 0.29) is 6.10 Å². The predicted octanol–water partition coefficient (Wildman–Crippen LogP) is 3.31. The molecule has 0 aliphatic carbocycles. The highest BCUT2D eigenvalue weighted by molar-refractivity contribution is 6.35. The smallest absolute Gasteiger partial charge is 0.0578 e. The Morgan fingerprint density at radius 2 is 2.08 bits per heavy atom. The number of benzene rings is 1. The van der Waals surface area contributed by atoms with Crippen LogP contribution < -0.4 is 0 Å². The number of aliphatic hydroxyl groups is 1. The van der Waals surface area contributed by atoms with Crippen LogP contribution in [0, 0.1) is 0 Å². The van der Waals surface area contributed by atoms with E-state index in [2.05, 4.69) is 0 Å². The van der Waals surface area contributed by atoms with Gasteiger partial charge in [-0.25, -0.2) is 0 Å². The topological polar surface area (TPSA) is 20.2 Å². The van der Waals surface area contributed by atoms with Gasteiger partial charge in [0.05, 0.1) is 6.10 Å². The lowest BCUT2D eigenvalue weighted by atomic mass is 10.1. The van der Waals surface area contributed by atoms with E-state index >= 15 is 0 Å². The first kappa shape index (κ1) is 10.8. The zero-order valence-electron chi connectivity index (χ0n) is 7.43. The molecule has 0 amide bonds. The van der Waals surface area contributed by atoms with Gasteiger partial charge in [-0.15, -0.1) is 0 Å². The molecule has 0 heterocycles. The highest BCUT2D eigenvalue weighted by Gasteiger charge is 2.06. The number of halogens is 2. The van der Waals surface area contributed by atoms with Gasteiger partial charge in [0.1, 0.15) is 0 Å². The monoisotopic (exact) mass is 218 g/mol. The first-order valence-electron chi connectivity index (χ1n) is 4.25. The van der Waals surface area contributed by atoms with Crippen LogP contribution in [0.4, 0.5) is 0 Å². The first-order chi connectivity index (χ1) is 6.13. The van der Waals surface area contributed by atoms with Crippen molar-refractivity contribution in [3.8, 4) is 0 Å². The zero-order valence-corrected chi connectivity index (χ0v) is 8.94. The molecule has 0 spiro atoms. The van der Waals surface area contributed by atoms with Gasteiger partial charge >= 0.3 is 0 Å². The van der Waals surface area contributed by atoms with Crippen LogP contribution >= 0.6 is 23.2 Å². The number of aliphatic hydroxyl groups excluding tert-OH is 1. The first-order valence-corrected chi connectivity index (χ1v) is 5.01. The van der Waals surface area contributed by atoms with Gasteiger partial charge in [0.15, 0.2) is 0 Å². The van der Waals surface area contributed by atoms with Gasteiger partial charge in [-0.3, -0.25) is 0 Å². The molecule has 1 rings (SSSR count). The van der Waals surface area contributed by atoms with Crippen LogP contribution in [0.5, 0.6) is 0 Å². The minimum Gasteiger partial charge on any atom is -0.393 e. The lowest BCUT2D eigenvalue weighted by molar-refractivity contribution is 0.171.